The molecular weight excluding hydrogens is 1150 g/mol. The van der Waals surface area contributed by atoms with E-state index in [2.05, 4.69) is 403 Å². The highest BCUT2D eigenvalue weighted by molar-refractivity contribution is 5.94. The second kappa shape index (κ2) is 25.0. The summed E-state index contributed by atoms with van der Waals surface area (Å²) in [4.78, 5) is 0. The zero-order valence-electron chi connectivity index (χ0n) is 54.4. The minimum Gasteiger partial charge on any atom is -0.0622 e. The summed E-state index contributed by atoms with van der Waals surface area (Å²) >= 11 is 0. The first-order valence-corrected chi connectivity index (χ1v) is 33.6. The standard InChI is InChI=1S/3C32H24/c1-23-13-8-9-18-26(23)28-20-12-21-29-27-19-10-11-22-30(27)32(31(28)29,24-14-4-2-5-15-24)25-16-6-3-7-17-25;1-23-11-10-12-24(21-23)25-19-20-31-29(22-25)28-17-8-9-18-30(28)32(31,26-13-4-2-5-14-26)27-15-6-3-7-16-27;1-23-16-18-24(19-17-23)25-20-21-31-29(22-25)28-14-8-9-15-30(28)32(31,26-10-4-2-5-11-26)27-12-6-3-7-13-27/h3*2-22H,1H3. The van der Waals surface area contributed by atoms with Crippen molar-refractivity contribution >= 4 is 0 Å². The summed E-state index contributed by atoms with van der Waals surface area (Å²) in [6, 6.07) is 140. The molecule has 3 aliphatic rings. The van der Waals surface area contributed by atoms with Crippen molar-refractivity contribution in [2.45, 2.75) is 37.0 Å². The van der Waals surface area contributed by atoms with Crippen molar-refractivity contribution in [3.63, 3.8) is 0 Å². The Morgan fingerprint density at radius 3 is 0.875 bits per heavy atom. The van der Waals surface area contributed by atoms with Gasteiger partial charge in [-0.2, -0.15) is 0 Å². The minimum absolute atomic E-state index is 0.319. The predicted octanol–water partition coefficient (Wildman–Crippen LogP) is 24.1. The second-order valence-electron chi connectivity index (χ2n) is 25.9. The smallest absolute Gasteiger partial charge is 0.0622 e. The zero-order valence-corrected chi connectivity index (χ0v) is 54.4. The highest BCUT2D eigenvalue weighted by Crippen LogP contribution is 2.61. The van der Waals surface area contributed by atoms with E-state index >= 15 is 0 Å². The van der Waals surface area contributed by atoms with Gasteiger partial charge in [0.05, 0.1) is 16.2 Å². The molecule has 0 radical (unpaired) electrons. The Kier molecular flexibility index (Phi) is 15.4. The number of aryl methyl sites for hydroxylation is 3. The van der Waals surface area contributed by atoms with Gasteiger partial charge in [0.1, 0.15) is 0 Å². The van der Waals surface area contributed by atoms with Crippen LogP contribution in [0, 0.1) is 20.8 Å². The SMILES string of the molecule is Cc1ccc(-c2ccc3c(c2)-c2ccccc2C3(c2ccccc2)c2ccccc2)cc1.Cc1cccc(-c2ccc3c(c2)-c2ccccc2C3(c2ccccc2)c2ccccc2)c1.Cc1ccccc1-c1cccc2c1C(c1ccccc1)(c1ccccc1)c1ccccc1-2. The van der Waals surface area contributed by atoms with Crippen molar-refractivity contribution in [1.82, 2.24) is 0 Å². The fourth-order valence-electron chi connectivity index (χ4n) is 16.4. The molecule has 0 saturated carbocycles. The lowest BCUT2D eigenvalue weighted by Gasteiger charge is -2.35. The molecule has 3 aliphatic carbocycles. The lowest BCUT2D eigenvalue weighted by molar-refractivity contribution is 0.768. The lowest BCUT2D eigenvalue weighted by atomic mass is 9.66. The number of hydrogen-bond donors (Lipinski definition) is 0. The van der Waals surface area contributed by atoms with Crippen LogP contribution in [0.15, 0.2) is 382 Å². The van der Waals surface area contributed by atoms with E-state index in [-0.39, 0.29) is 16.2 Å². The molecule has 0 spiro atoms. The molecule has 0 heteroatoms. The van der Waals surface area contributed by atoms with Gasteiger partial charge in [0.15, 0.2) is 0 Å². The van der Waals surface area contributed by atoms with Crippen LogP contribution < -0.4 is 0 Å². The summed E-state index contributed by atoms with van der Waals surface area (Å²) in [7, 11) is 0. The predicted molar refractivity (Wildman–Crippen MR) is 402 cm³/mol. The molecule has 18 rings (SSSR count). The highest BCUT2D eigenvalue weighted by atomic mass is 14.5. The third-order valence-corrected chi connectivity index (χ3v) is 20.6. The normalized spacial score (nSPS) is 13.4. The monoisotopic (exact) mass is 1220 g/mol. The van der Waals surface area contributed by atoms with E-state index in [1.807, 2.05) is 0 Å². The summed E-state index contributed by atoms with van der Waals surface area (Å²) in [5.74, 6) is 0. The molecule has 0 N–H and O–H groups in total. The van der Waals surface area contributed by atoms with Crippen molar-refractivity contribution in [2.75, 3.05) is 0 Å². The van der Waals surface area contributed by atoms with Crippen LogP contribution in [0.3, 0.4) is 0 Å². The van der Waals surface area contributed by atoms with Gasteiger partial charge in [0, 0.05) is 0 Å². The first-order valence-electron chi connectivity index (χ1n) is 33.6. The molecule has 0 aromatic heterocycles. The van der Waals surface area contributed by atoms with E-state index < -0.39 is 0 Å². The van der Waals surface area contributed by atoms with Crippen molar-refractivity contribution in [1.29, 1.82) is 0 Å². The number of hydrogen-bond acceptors (Lipinski definition) is 0. The van der Waals surface area contributed by atoms with Crippen molar-refractivity contribution in [3.8, 4) is 66.8 Å². The Morgan fingerprint density at radius 2 is 0.458 bits per heavy atom. The second-order valence-corrected chi connectivity index (χ2v) is 25.9. The van der Waals surface area contributed by atoms with Crippen LogP contribution in [0.4, 0.5) is 0 Å². The van der Waals surface area contributed by atoms with Crippen LogP contribution in [0.2, 0.25) is 0 Å². The molecule has 0 atom stereocenters. The van der Waals surface area contributed by atoms with E-state index in [4.69, 9.17) is 0 Å². The van der Waals surface area contributed by atoms with E-state index in [0.717, 1.165) is 0 Å². The number of rotatable bonds is 9. The molecule has 456 valence electrons. The molecule has 96 heavy (non-hydrogen) atoms. The van der Waals surface area contributed by atoms with Crippen LogP contribution in [-0.2, 0) is 16.2 Å². The fraction of sp³-hybridized carbons (Fsp3) is 0.0625. The van der Waals surface area contributed by atoms with Crippen LogP contribution in [0.5, 0.6) is 0 Å². The van der Waals surface area contributed by atoms with Gasteiger partial charge in [-0.3, -0.25) is 0 Å². The Hall–Kier alpha value is -11.7. The van der Waals surface area contributed by atoms with Gasteiger partial charge in [0.25, 0.3) is 0 Å². The van der Waals surface area contributed by atoms with Gasteiger partial charge in [0.2, 0.25) is 0 Å². The third kappa shape index (κ3) is 9.74. The minimum atomic E-state index is -0.368. The fourth-order valence-corrected chi connectivity index (χ4v) is 16.4. The zero-order chi connectivity index (χ0) is 64.6. The van der Waals surface area contributed by atoms with Crippen molar-refractivity contribution in [2.24, 2.45) is 0 Å². The van der Waals surface area contributed by atoms with E-state index in [0.29, 0.717) is 0 Å². The van der Waals surface area contributed by atoms with Gasteiger partial charge in [-0.25, -0.2) is 0 Å². The number of benzene rings is 15. The van der Waals surface area contributed by atoms with Crippen LogP contribution in [0.25, 0.3) is 66.8 Å². The molecule has 0 amide bonds. The molecule has 0 heterocycles. The summed E-state index contributed by atoms with van der Waals surface area (Å²) in [5, 5.41) is 0. The lowest BCUT2D eigenvalue weighted by Crippen LogP contribution is -2.29. The largest absolute Gasteiger partial charge is 0.0719 e. The van der Waals surface area contributed by atoms with E-state index in [9.17, 15) is 0 Å². The van der Waals surface area contributed by atoms with E-state index in [1.165, 1.54) is 150 Å². The first-order chi connectivity index (χ1) is 47.4. The molecule has 0 unspecified atom stereocenters. The Labute approximate surface area is 565 Å². The molecule has 0 aliphatic heterocycles. The van der Waals surface area contributed by atoms with Gasteiger partial charge >= 0.3 is 0 Å². The van der Waals surface area contributed by atoms with Crippen molar-refractivity contribution in [3.05, 3.63) is 466 Å². The van der Waals surface area contributed by atoms with Crippen LogP contribution in [-0.4, -0.2) is 0 Å². The van der Waals surface area contributed by atoms with Crippen LogP contribution >= 0.6 is 0 Å². The Morgan fingerprint density at radius 1 is 0.167 bits per heavy atom. The Balaban J connectivity index is 0.000000113. The molecular formula is C96H72. The van der Waals surface area contributed by atoms with Gasteiger partial charge < -0.3 is 0 Å². The first kappa shape index (κ1) is 59.3. The average molecular weight is 1230 g/mol. The van der Waals surface area contributed by atoms with Gasteiger partial charge in [-0.15, -0.1) is 0 Å². The molecule has 0 fully saturated rings. The maximum absolute atomic E-state index is 2.39. The van der Waals surface area contributed by atoms with Crippen molar-refractivity contribution < 1.29 is 0 Å². The maximum Gasteiger partial charge on any atom is 0.0719 e. The molecule has 0 saturated heterocycles. The third-order valence-electron chi connectivity index (χ3n) is 20.6. The summed E-state index contributed by atoms with van der Waals surface area (Å²) in [6.45, 7) is 6.50. The summed E-state index contributed by atoms with van der Waals surface area (Å²) in [5.41, 5.74) is 34.5. The van der Waals surface area contributed by atoms with E-state index in [1.54, 1.807) is 0 Å². The molecule has 15 aromatic rings. The Bertz CT molecular complexity index is 5160. The molecule has 0 bridgehead atoms. The van der Waals surface area contributed by atoms with Gasteiger partial charge in [-0.1, -0.05) is 381 Å². The van der Waals surface area contributed by atoms with Crippen LogP contribution in [0.1, 0.15) is 83.5 Å². The molecule has 15 aromatic carbocycles. The highest BCUT2D eigenvalue weighted by Gasteiger charge is 2.49. The summed E-state index contributed by atoms with van der Waals surface area (Å²) < 4.78 is 0. The molecule has 0 nitrogen and oxygen atoms in total. The number of fused-ring (bicyclic) bond motifs is 9. The quantitative estimate of drug-likeness (QED) is 0.135. The topological polar surface area (TPSA) is 0 Å². The van der Waals surface area contributed by atoms with Gasteiger partial charge in [-0.05, 0) is 172 Å². The average Bonchev–Trinajstić information content (AvgIpc) is 1.56. The maximum atomic E-state index is 2.39. The summed E-state index contributed by atoms with van der Waals surface area (Å²) in [6.07, 6.45) is 0.